The van der Waals surface area contributed by atoms with Gasteiger partial charge in [0.05, 0.1) is 12.1 Å². The van der Waals surface area contributed by atoms with Gasteiger partial charge in [-0.2, -0.15) is 0 Å². The molecular weight excluding hydrogens is 253 g/mol. The van der Waals surface area contributed by atoms with Crippen LogP contribution in [-0.2, 0) is 4.74 Å². The first kappa shape index (κ1) is 15.5. The van der Waals surface area contributed by atoms with Gasteiger partial charge in [0.25, 0.3) is 0 Å². The van der Waals surface area contributed by atoms with Gasteiger partial charge in [0.1, 0.15) is 5.82 Å². The van der Waals surface area contributed by atoms with Gasteiger partial charge >= 0.3 is 0 Å². The first-order valence-corrected chi connectivity index (χ1v) is 7.76. The van der Waals surface area contributed by atoms with E-state index in [1.165, 1.54) is 38.2 Å². The van der Waals surface area contributed by atoms with E-state index in [2.05, 4.69) is 0 Å². The fourth-order valence-electron chi connectivity index (χ4n) is 3.34. The van der Waals surface area contributed by atoms with Crippen LogP contribution < -0.4 is 5.73 Å². The Kier molecular flexibility index (Phi) is 5.55. The van der Waals surface area contributed by atoms with E-state index in [0.29, 0.717) is 12.5 Å². The normalized spacial score (nSPS) is 19.8. The van der Waals surface area contributed by atoms with E-state index in [1.54, 1.807) is 12.1 Å². The summed E-state index contributed by atoms with van der Waals surface area (Å²) >= 11 is 0. The summed E-state index contributed by atoms with van der Waals surface area (Å²) in [6, 6.07) is 4.61. The molecule has 2 N–H and O–H groups in total. The van der Waals surface area contributed by atoms with Crippen LogP contribution in [0.5, 0.6) is 0 Å². The highest BCUT2D eigenvalue weighted by atomic mass is 19.1. The highest BCUT2D eigenvalue weighted by Crippen LogP contribution is 2.34. The first-order chi connectivity index (χ1) is 9.63. The predicted molar refractivity (Wildman–Crippen MR) is 80.1 cm³/mol. The lowest BCUT2D eigenvalue weighted by molar-refractivity contribution is -0.0100. The Hall–Kier alpha value is -0.930. The van der Waals surface area contributed by atoms with E-state index in [9.17, 15) is 4.39 Å². The molecule has 2 nitrogen and oxygen atoms in total. The third kappa shape index (κ3) is 3.58. The van der Waals surface area contributed by atoms with Crippen LogP contribution in [0.25, 0.3) is 0 Å². The molecule has 2 rings (SSSR count). The molecule has 3 heteroatoms. The Balaban J connectivity index is 2.20. The van der Waals surface area contributed by atoms with Crippen LogP contribution in [-0.4, -0.2) is 12.7 Å². The molecule has 2 atom stereocenters. The van der Waals surface area contributed by atoms with Gasteiger partial charge in [-0.1, -0.05) is 25.3 Å². The molecule has 0 amide bonds. The Morgan fingerprint density at radius 1 is 1.30 bits per heavy atom. The van der Waals surface area contributed by atoms with Crippen LogP contribution in [0.3, 0.4) is 0 Å². The second kappa shape index (κ2) is 7.19. The van der Waals surface area contributed by atoms with Gasteiger partial charge in [0, 0.05) is 6.61 Å². The molecule has 0 aliphatic heterocycles. The van der Waals surface area contributed by atoms with E-state index >= 15 is 0 Å². The van der Waals surface area contributed by atoms with Gasteiger partial charge < -0.3 is 10.5 Å². The molecule has 0 spiro atoms. The number of halogens is 1. The van der Waals surface area contributed by atoms with Crippen LogP contribution in [0, 0.1) is 18.7 Å². The predicted octanol–water partition coefficient (Wildman–Crippen LogP) is 4.12. The Morgan fingerprint density at radius 2 is 2.00 bits per heavy atom. The van der Waals surface area contributed by atoms with Crippen molar-refractivity contribution in [1.29, 1.82) is 0 Å². The fourth-order valence-corrected chi connectivity index (χ4v) is 3.34. The average molecular weight is 279 g/mol. The number of nitrogens with two attached hydrogens (primary N) is 1. The summed E-state index contributed by atoms with van der Waals surface area (Å²) < 4.78 is 19.4. The summed E-state index contributed by atoms with van der Waals surface area (Å²) in [4.78, 5) is 0. The highest BCUT2D eigenvalue weighted by Gasteiger charge is 2.30. The zero-order valence-electron chi connectivity index (χ0n) is 12.6. The van der Waals surface area contributed by atoms with Crippen molar-refractivity contribution in [3.63, 3.8) is 0 Å². The van der Waals surface area contributed by atoms with E-state index in [0.717, 1.165) is 11.1 Å². The topological polar surface area (TPSA) is 35.2 Å². The highest BCUT2D eigenvalue weighted by molar-refractivity contribution is 5.30. The van der Waals surface area contributed by atoms with Gasteiger partial charge in [0.15, 0.2) is 0 Å². The van der Waals surface area contributed by atoms with Crippen LogP contribution in [0.2, 0.25) is 0 Å². The fraction of sp³-hybridized carbons (Fsp3) is 0.647. The van der Waals surface area contributed by atoms with Gasteiger partial charge in [-0.05, 0) is 55.9 Å². The van der Waals surface area contributed by atoms with Crippen LogP contribution in [0.15, 0.2) is 18.2 Å². The Bertz CT molecular complexity index is 429. The van der Waals surface area contributed by atoms with Gasteiger partial charge in [-0.15, -0.1) is 0 Å². The van der Waals surface area contributed by atoms with Crippen molar-refractivity contribution in [2.75, 3.05) is 6.61 Å². The molecular formula is C17H26FNO. The first-order valence-electron chi connectivity index (χ1n) is 7.76. The number of aryl methyl sites for hydroxylation is 1. The van der Waals surface area contributed by atoms with Crippen LogP contribution >= 0.6 is 0 Å². The number of rotatable bonds is 5. The van der Waals surface area contributed by atoms with Gasteiger partial charge in [-0.3, -0.25) is 0 Å². The molecule has 112 valence electrons. The molecule has 20 heavy (non-hydrogen) atoms. The number of benzene rings is 1. The van der Waals surface area contributed by atoms with Crippen molar-refractivity contribution < 1.29 is 9.13 Å². The summed E-state index contributed by atoms with van der Waals surface area (Å²) in [7, 11) is 0. The van der Waals surface area contributed by atoms with E-state index in [4.69, 9.17) is 10.5 Å². The zero-order valence-corrected chi connectivity index (χ0v) is 12.6. The zero-order chi connectivity index (χ0) is 14.5. The second-order valence-corrected chi connectivity index (χ2v) is 5.84. The number of ether oxygens (including phenoxy) is 1. The van der Waals surface area contributed by atoms with Crippen molar-refractivity contribution in [3.8, 4) is 0 Å². The van der Waals surface area contributed by atoms with E-state index < -0.39 is 0 Å². The minimum Gasteiger partial charge on any atom is -0.376 e. The molecule has 2 unspecified atom stereocenters. The summed E-state index contributed by atoms with van der Waals surface area (Å²) in [5.74, 6) is 0.279. The minimum atomic E-state index is -0.242. The molecule has 1 aromatic rings. The minimum absolute atomic E-state index is 0.000741. The molecule has 0 saturated heterocycles. The second-order valence-electron chi connectivity index (χ2n) is 5.84. The third-order valence-electron chi connectivity index (χ3n) is 4.43. The van der Waals surface area contributed by atoms with Gasteiger partial charge in [0.2, 0.25) is 0 Å². The van der Waals surface area contributed by atoms with Crippen molar-refractivity contribution >= 4 is 0 Å². The number of hydrogen-bond acceptors (Lipinski definition) is 2. The molecule has 1 saturated carbocycles. The molecule has 0 radical (unpaired) electrons. The molecule has 1 aliphatic carbocycles. The maximum absolute atomic E-state index is 13.5. The quantitative estimate of drug-likeness (QED) is 0.880. The summed E-state index contributed by atoms with van der Waals surface area (Å²) in [6.45, 7) is 4.64. The van der Waals surface area contributed by atoms with Crippen molar-refractivity contribution in [3.05, 3.63) is 35.1 Å². The number of hydrogen-bond donors (Lipinski definition) is 1. The van der Waals surface area contributed by atoms with Gasteiger partial charge in [-0.25, -0.2) is 4.39 Å². The molecule has 0 heterocycles. The van der Waals surface area contributed by atoms with Crippen molar-refractivity contribution in [1.82, 2.24) is 0 Å². The largest absolute Gasteiger partial charge is 0.376 e. The Labute approximate surface area is 121 Å². The maximum Gasteiger partial charge on any atom is 0.123 e. The van der Waals surface area contributed by atoms with E-state index in [-0.39, 0.29) is 18.0 Å². The smallest absolute Gasteiger partial charge is 0.123 e. The summed E-state index contributed by atoms with van der Waals surface area (Å²) in [5, 5.41) is 0. The maximum atomic E-state index is 13.5. The van der Waals surface area contributed by atoms with Crippen LogP contribution in [0.4, 0.5) is 4.39 Å². The molecule has 0 aromatic heterocycles. The van der Waals surface area contributed by atoms with Crippen molar-refractivity contribution in [2.24, 2.45) is 11.7 Å². The molecule has 1 aromatic carbocycles. The lowest BCUT2D eigenvalue weighted by atomic mass is 9.80. The average Bonchev–Trinajstić information content (AvgIpc) is 2.47. The van der Waals surface area contributed by atoms with Crippen molar-refractivity contribution in [2.45, 2.75) is 58.1 Å². The van der Waals surface area contributed by atoms with Crippen LogP contribution in [0.1, 0.15) is 56.2 Å². The summed E-state index contributed by atoms with van der Waals surface area (Å²) in [6.07, 6.45) is 6.16. The third-order valence-corrected chi connectivity index (χ3v) is 4.43. The summed E-state index contributed by atoms with van der Waals surface area (Å²) in [5.41, 5.74) is 8.36. The molecule has 1 aliphatic rings. The monoisotopic (exact) mass is 279 g/mol. The van der Waals surface area contributed by atoms with E-state index in [1.807, 2.05) is 13.8 Å². The SMILES string of the molecule is CCOC(C1CCCCC1)C(N)c1cc(F)ccc1C. The molecule has 1 fully saturated rings. The lowest BCUT2D eigenvalue weighted by Crippen LogP contribution is -2.37. The molecule has 0 bridgehead atoms. The lowest BCUT2D eigenvalue weighted by Gasteiger charge is -2.34. The standard InChI is InChI=1S/C17H26FNO/c1-3-20-17(13-7-5-4-6-8-13)16(19)15-11-14(18)10-9-12(15)2/h9-11,13,16-17H,3-8,19H2,1-2H3. The Morgan fingerprint density at radius 3 is 2.65 bits per heavy atom.